The highest BCUT2D eigenvalue weighted by Crippen LogP contribution is 2.43. The third-order valence-electron chi connectivity index (χ3n) is 5.82. The van der Waals surface area contributed by atoms with Crippen LogP contribution >= 0.6 is 0 Å². The Morgan fingerprint density at radius 1 is 1.25 bits per heavy atom. The van der Waals surface area contributed by atoms with E-state index < -0.39 is 23.8 Å². The van der Waals surface area contributed by atoms with Crippen molar-refractivity contribution in [2.75, 3.05) is 25.1 Å². The van der Waals surface area contributed by atoms with Crippen LogP contribution in [0.25, 0.3) is 22.3 Å². The Balaban J connectivity index is 1.64. The first-order valence-corrected chi connectivity index (χ1v) is 10.5. The summed E-state index contributed by atoms with van der Waals surface area (Å²) in [5, 5.41) is 23.2. The van der Waals surface area contributed by atoms with Crippen molar-refractivity contribution < 1.29 is 28.5 Å². The molecule has 1 saturated heterocycles. The predicted molar refractivity (Wildman–Crippen MR) is 110 cm³/mol. The van der Waals surface area contributed by atoms with Gasteiger partial charge in [-0.05, 0) is 26.3 Å². The van der Waals surface area contributed by atoms with Crippen molar-refractivity contribution >= 4 is 17.0 Å². The molecule has 5 rings (SSSR count). The van der Waals surface area contributed by atoms with E-state index in [4.69, 9.17) is 9.47 Å². The van der Waals surface area contributed by atoms with Gasteiger partial charge in [0.25, 0.3) is 0 Å². The number of aromatic nitrogens is 4. The lowest BCUT2D eigenvalue weighted by molar-refractivity contribution is -0.0136. The molecule has 4 atom stereocenters. The molecule has 1 aromatic carbocycles. The molecule has 0 spiro atoms. The third-order valence-corrected chi connectivity index (χ3v) is 5.82. The quantitative estimate of drug-likeness (QED) is 0.559. The van der Waals surface area contributed by atoms with E-state index in [1.54, 1.807) is 11.5 Å². The normalized spacial score (nSPS) is 23.8. The average Bonchev–Trinajstić information content (AvgIpc) is 3.18. The maximum Gasteiger partial charge on any atom is 0.223 e. The zero-order valence-corrected chi connectivity index (χ0v) is 17.5. The van der Waals surface area contributed by atoms with E-state index in [0.29, 0.717) is 24.4 Å². The van der Waals surface area contributed by atoms with Crippen molar-refractivity contribution in [2.24, 2.45) is 0 Å². The van der Waals surface area contributed by atoms with Gasteiger partial charge in [0.2, 0.25) is 5.95 Å². The summed E-state index contributed by atoms with van der Waals surface area (Å²) in [4.78, 5) is 12.5. The van der Waals surface area contributed by atoms with Gasteiger partial charge in [0.1, 0.15) is 35.3 Å². The molecule has 1 fully saturated rings. The number of hydrogen-bond acceptors (Lipinski definition) is 8. The van der Waals surface area contributed by atoms with Crippen LogP contribution in [0, 0.1) is 11.6 Å². The molecule has 170 valence electrons. The van der Waals surface area contributed by atoms with Crippen molar-refractivity contribution in [3.63, 3.8) is 0 Å². The van der Waals surface area contributed by atoms with Crippen LogP contribution in [0.15, 0.2) is 12.3 Å². The molecule has 3 unspecified atom stereocenters. The number of anilines is 1. The summed E-state index contributed by atoms with van der Waals surface area (Å²) in [5.41, 5.74) is 0.378. The summed E-state index contributed by atoms with van der Waals surface area (Å²) in [5.74, 6) is -0.769. The maximum atomic E-state index is 15.1. The Morgan fingerprint density at radius 3 is 2.81 bits per heavy atom. The molecule has 9 nitrogen and oxygen atoms in total. The zero-order valence-electron chi connectivity index (χ0n) is 17.5. The summed E-state index contributed by atoms with van der Waals surface area (Å²) < 4.78 is 42.7. The van der Waals surface area contributed by atoms with Crippen molar-refractivity contribution in [1.82, 2.24) is 19.5 Å². The van der Waals surface area contributed by atoms with Crippen molar-refractivity contribution in [2.45, 2.75) is 44.6 Å². The molecule has 2 aliphatic heterocycles. The predicted octanol–water partition coefficient (Wildman–Crippen LogP) is 2.34. The summed E-state index contributed by atoms with van der Waals surface area (Å²) >= 11 is 0. The molecular formula is C21H23F2N5O4. The van der Waals surface area contributed by atoms with Gasteiger partial charge < -0.3 is 29.6 Å². The molecule has 0 bridgehead atoms. The lowest BCUT2D eigenvalue weighted by atomic mass is 10.1. The van der Waals surface area contributed by atoms with Crippen LogP contribution in [-0.2, 0) is 4.74 Å². The standard InChI is InChI=1S/C21H23F2N5O4/c1-9-7-32-19-11(5-12(22)17-18(19)28(9)20(26-17)10(2)29)16-13(23)6-24-21(27-16)25-14-3-4-31-8-15(14)30/h5-6,9-10,14-15,29-30H,3-4,7-8H2,1-2H3,(H,24,25,27)/t9?,10?,14?,15-/m1/s1. The monoisotopic (exact) mass is 447 g/mol. The number of aliphatic hydroxyl groups excluding tert-OH is 2. The van der Waals surface area contributed by atoms with E-state index in [1.807, 2.05) is 6.92 Å². The van der Waals surface area contributed by atoms with E-state index in [1.165, 1.54) is 0 Å². The van der Waals surface area contributed by atoms with Gasteiger partial charge in [0, 0.05) is 6.61 Å². The number of halogens is 2. The average molecular weight is 447 g/mol. The van der Waals surface area contributed by atoms with Gasteiger partial charge >= 0.3 is 0 Å². The first-order chi connectivity index (χ1) is 15.3. The number of nitrogens with zero attached hydrogens (tertiary/aromatic N) is 4. The van der Waals surface area contributed by atoms with Crippen LogP contribution < -0.4 is 10.1 Å². The highest BCUT2D eigenvalue weighted by molar-refractivity contribution is 5.92. The van der Waals surface area contributed by atoms with E-state index in [9.17, 15) is 14.6 Å². The zero-order chi connectivity index (χ0) is 22.6. The first-order valence-electron chi connectivity index (χ1n) is 10.5. The van der Waals surface area contributed by atoms with Gasteiger partial charge in [0.05, 0.1) is 36.6 Å². The van der Waals surface area contributed by atoms with Crippen LogP contribution in [-0.4, -0.2) is 61.7 Å². The van der Waals surface area contributed by atoms with Crippen LogP contribution in [0.4, 0.5) is 14.7 Å². The van der Waals surface area contributed by atoms with Gasteiger partial charge in [-0.1, -0.05) is 0 Å². The maximum absolute atomic E-state index is 15.1. The van der Waals surface area contributed by atoms with Crippen LogP contribution in [0.2, 0.25) is 0 Å². The van der Waals surface area contributed by atoms with Gasteiger partial charge in [0.15, 0.2) is 17.4 Å². The Kier molecular flexibility index (Phi) is 5.19. The molecule has 0 amide bonds. The second-order valence-corrected chi connectivity index (χ2v) is 8.18. The minimum absolute atomic E-state index is 0.0457. The highest BCUT2D eigenvalue weighted by Gasteiger charge is 2.32. The summed E-state index contributed by atoms with van der Waals surface area (Å²) in [7, 11) is 0. The fourth-order valence-electron chi connectivity index (χ4n) is 4.25. The smallest absolute Gasteiger partial charge is 0.223 e. The minimum Gasteiger partial charge on any atom is -0.488 e. The first kappa shape index (κ1) is 21.0. The van der Waals surface area contributed by atoms with Crippen LogP contribution in [0.5, 0.6) is 5.75 Å². The number of imidazole rings is 1. The largest absolute Gasteiger partial charge is 0.488 e. The Hall–Kier alpha value is -2.89. The lowest BCUT2D eigenvalue weighted by Gasteiger charge is -2.28. The Morgan fingerprint density at radius 2 is 2.06 bits per heavy atom. The highest BCUT2D eigenvalue weighted by atomic mass is 19.1. The topological polar surface area (TPSA) is 115 Å². The number of nitrogens with one attached hydrogen (secondary N) is 1. The van der Waals surface area contributed by atoms with E-state index in [2.05, 4.69) is 20.3 Å². The number of benzene rings is 1. The van der Waals surface area contributed by atoms with Gasteiger partial charge in [-0.2, -0.15) is 0 Å². The summed E-state index contributed by atoms with van der Waals surface area (Å²) in [6, 6.07) is 0.580. The molecule has 4 heterocycles. The van der Waals surface area contributed by atoms with Crippen LogP contribution in [0.3, 0.4) is 0 Å². The molecule has 3 N–H and O–H groups in total. The number of ether oxygens (including phenoxy) is 2. The number of rotatable bonds is 4. The van der Waals surface area contributed by atoms with Crippen molar-refractivity contribution in [3.05, 3.63) is 29.7 Å². The fourth-order valence-corrected chi connectivity index (χ4v) is 4.25. The van der Waals surface area contributed by atoms with E-state index >= 15 is 4.39 Å². The Labute approximate surface area is 182 Å². The van der Waals surface area contributed by atoms with Gasteiger partial charge in [-0.25, -0.2) is 23.7 Å². The van der Waals surface area contributed by atoms with E-state index in [0.717, 1.165) is 12.3 Å². The minimum atomic E-state index is -0.920. The molecule has 2 aliphatic rings. The number of aliphatic hydroxyl groups is 2. The van der Waals surface area contributed by atoms with Gasteiger partial charge in [-0.15, -0.1) is 0 Å². The molecule has 11 heteroatoms. The molecule has 0 aliphatic carbocycles. The van der Waals surface area contributed by atoms with E-state index in [-0.39, 0.29) is 53.8 Å². The molecule has 0 saturated carbocycles. The third kappa shape index (κ3) is 3.37. The summed E-state index contributed by atoms with van der Waals surface area (Å²) in [6.45, 7) is 4.31. The van der Waals surface area contributed by atoms with Crippen molar-refractivity contribution in [3.8, 4) is 17.0 Å². The second-order valence-electron chi connectivity index (χ2n) is 8.18. The second kappa shape index (κ2) is 7.91. The van der Waals surface area contributed by atoms with Crippen LogP contribution in [0.1, 0.15) is 38.2 Å². The fraction of sp³-hybridized carbons (Fsp3) is 0.476. The Bertz CT molecular complexity index is 1180. The SMILES string of the molecule is CC(O)c1nc2c(F)cc(-c3nc(NC4CCOC[C@H]4O)ncc3F)c3c2n1C(C)CO3. The number of hydrogen-bond donors (Lipinski definition) is 3. The molecule has 3 aromatic rings. The molecular weight excluding hydrogens is 424 g/mol. The molecule has 2 aromatic heterocycles. The van der Waals surface area contributed by atoms with Crippen molar-refractivity contribution in [1.29, 1.82) is 0 Å². The molecule has 32 heavy (non-hydrogen) atoms. The molecule has 0 radical (unpaired) electrons. The lowest BCUT2D eigenvalue weighted by Crippen LogP contribution is -2.42. The van der Waals surface area contributed by atoms with Gasteiger partial charge in [-0.3, -0.25) is 0 Å². The summed E-state index contributed by atoms with van der Waals surface area (Å²) in [6.07, 6.45) is -0.148.